The fraction of sp³-hybridized carbons (Fsp3) is 0.391. The molecule has 1 aromatic carbocycles. The molecule has 7 nitrogen and oxygen atoms in total. The van der Waals surface area contributed by atoms with Crippen LogP contribution in [0.15, 0.2) is 24.3 Å². The fourth-order valence-corrected chi connectivity index (χ4v) is 3.67. The van der Waals surface area contributed by atoms with Gasteiger partial charge in [0.25, 0.3) is 0 Å². The minimum Gasteiger partial charge on any atom is -0.323 e. The van der Waals surface area contributed by atoms with Crippen molar-refractivity contribution in [2.24, 2.45) is 0 Å². The molecule has 0 aliphatic carbocycles. The number of carbonyl (C=O) groups is 1. The van der Waals surface area contributed by atoms with Crippen molar-refractivity contribution < 1.29 is 4.79 Å². The van der Waals surface area contributed by atoms with Crippen molar-refractivity contribution in [1.82, 2.24) is 19.6 Å². The zero-order chi connectivity index (χ0) is 21.8. The Morgan fingerprint density at radius 1 is 1.03 bits per heavy atom. The predicted molar refractivity (Wildman–Crippen MR) is 117 cm³/mol. The van der Waals surface area contributed by atoms with E-state index >= 15 is 0 Å². The van der Waals surface area contributed by atoms with Gasteiger partial charge in [0, 0.05) is 12.1 Å². The number of hydrogen-bond donors (Lipinski definition) is 1. The van der Waals surface area contributed by atoms with E-state index < -0.39 is 0 Å². The molecule has 0 fully saturated rings. The Hall–Kier alpha value is -3.40. The van der Waals surface area contributed by atoms with Crippen molar-refractivity contribution in [2.75, 3.05) is 5.32 Å². The Balaban J connectivity index is 1.70. The van der Waals surface area contributed by atoms with Gasteiger partial charge in [0.1, 0.15) is 0 Å². The summed E-state index contributed by atoms with van der Waals surface area (Å²) >= 11 is 0. The number of nitrogens with zero attached hydrogens (tertiary/aromatic N) is 5. The van der Waals surface area contributed by atoms with E-state index in [2.05, 4.69) is 21.6 Å². The summed E-state index contributed by atoms with van der Waals surface area (Å²) in [5.41, 5.74) is 7.63. The zero-order valence-electron chi connectivity index (χ0n) is 18.3. The molecule has 0 unspecified atom stereocenters. The highest BCUT2D eigenvalue weighted by molar-refractivity contribution is 5.92. The van der Waals surface area contributed by atoms with E-state index in [9.17, 15) is 4.79 Å². The Morgan fingerprint density at radius 3 is 2.40 bits per heavy atom. The van der Waals surface area contributed by atoms with Crippen LogP contribution in [-0.2, 0) is 17.8 Å². The lowest BCUT2D eigenvalue weighted by molar-refractivity contribution is -0.116. The molecule has 0 saturated carbocycles. The number of aromatic nitrogens is 4. The summed E-state index contributed by atoms with van der Waals surface area (Å²) in [5, 5.41) is 20.9. The van der Waals surface area contributed by atoms with E-state index in [1.807, 2.05) is 68.2 Å². The van der Waals surface area contributed by atoms with E-state index in [0.717, 1.165) is 39.7 Å². The smallest absolute Gasteiger partial charge is 0.224 e. The summed E-state index contributed by atoms with van der Waals surface area (Å²) in [5.74, 6) is -0.0479. The van der Waals surface area contributed by atoms with Gasteiger partial charge in [-0.3, -0.25) is 9.48 Å². The summed E-state index contributed by atoms with van der Waals surface area (Å²) in [6, 6.07) is 10.3. The quantitative estimate of drug-likeness (QED) is 0.642. The monoisotopic (exact) mass is 404 g/mol. The van der Waals surface area contributed by atoms with Crippen LogP contribution in [-0.4, -0.2) is 25.5 Å². The number of aryl methyl sites for hydroxylation is 4. The van der Waals surface area contributed by atoms with E-state index in [0.29, 0.717) is 25.8 Å². The van der Waals surface area contributed by atoms with Gasteiger partial charge in [-0.2, -0.15) is 15.5 Å². The largest absolute Gasteiger partial charge is 0.323 e. The molecule has 0 spiro atoms. The molecule has 2 aromatic heterocycles. The van der Waals surface area contributed by atoms with Gasteiger partial charge in [-0.15, -0.1) is 0 Å². The van der Waals surface area contributed by atoms with Gasteiger partial charge in [0.05, 0.1) is 47.5 Å². The Kier molecular flexibility index (Phi) is 6.36. The number of nitriles is 1. The van der Waals surface area contributed by atoms with Crippen LogP contribution in [0.3, 0.4) is 0 Å². The summed E-state index contributed by atoms with van der Waals surface area (Å²) in [7, 11) is 0. The maximum atomic E-state index is 12.7. The third-order valence-electron chi connectivity index (χ3n) is 5.40. The average molecular weight is 405 g/mol. The van der Waals surface area contributed by atoms with Crippen LogP contribution < -0.4 is 5.32 Å². The second-order valence-corrected chi connectivity index (χ2v) is 7.62. The van der Waals surface area contributed by atoms with Gasteiger partial charge in [-0.25, -0.2) is 4.68 Å². The van der Waals surface area contributed by atoms with E-state index in [-0.39, 0.29) is 5.91 Å². The molecule has 30 heavy (non-hydrogen) atoms. The fourth-order valence-electron chi connectivity index (χ4n) is 3.67. The van der Waals surface area contributed by atoms with Gasteiger partial charge in [0.2, 0.25) is 5.91 Å². The molecule has 0 aliphatic rings. The molecule has 0 atom stereocenters. The SMILES string of the molecule is Cc1ccc(-n2nc(C)c(NC(=O)CCc3c(C)nn(CCC#N)c3C)c2C)cc1. The molecule has 156 valence electrons. The number of rotatable bonds is 7. The van der Waals surface area contributed by atoms with Crippen LogP contribution in [0.25, 0.3) is 5.69 Å². The summed E-state index contributed by atoms with van der Waals surface area (Å²) < 4.78 is 3.71. The van der Waals surface area contributed by atoms with Gasteiger partial charge >= 0.3 is 0 Å². The van der Waals surface area contributed by atoms with Gasteiger partial charge in [0.15, 0.2) is 0 Å². The Morgan fingerprint density at radius 2 is 1.73 bits per heavy atom. The van der Waals surface area contributed by atoms with Crippen LogP contribution >= 0.6 is 0 Å². The molecular formula is C23H28N6O. The molecule has 3 aromatic rings. The van der Waals surface area contributed by atoms with Crippen molar-refractivity contribution in [2.45, 2.75) is 60.4 Å². The number of nitrogens with one attached hydrogen (secondary N) is 1. The van der Waals surface area contributed by atoms with Crippen LogP contribution in [0, 0.1) is 45.9 Å². The standard InChI is InChI=1S/C23H28N6O/c1-15-7-9-20(10-8-15)29-19(5)23(17(3)27-29)25-22(30)12-11-21-16(2)26-28(18(21)4)14-6-13-24/h7-10H,6,11-12,14H2,1-5H3,(H,25,30). The lowest BCUT2D eigenvalue weighted by atomic mass is 10.1. The first-order valence-corrected chi connectivity index (χ1v) is 10.1. The maximum Gasteiger partial charge on any atom is 0.224 e. The lowest BCUT2D eigenvalue weighted by Crippen LogP contribution is -2.14. The average Bonchev–Trinajstić information content (AvgIpc) is 3.15. The summed E-state index contributed by atoms with van der Waals surface area (Å²) in [6.07, 6.45) is 1.39. The molecule has 1 amide bonds. The van der Waals surface area contributed by atoms with Crippen molar-refractivity contribution in [3.8, 4) is 11.8 Å². The molecule has 2 heterocycles. The minimum atomic E-state index is -0.0479. The van der Waals surface area contributed by atoms with Crippen molar-refractivity contribution in [3.05, 3.63) is 58.2 Å². The normalized spacial score (nSPS) is 10.8. The molecule has 0 aliphatic heterocycles. The third-order valence-corrected chi connectivity index (χ3v) is 5.40. The number of amides is 1. The molecule has 1 N–H and O–H groups in total. The van der Waals surface area contributed by atoms with Crippen LogP contribution in [0.2, 0.25) is 0 Å². The lowest BCUT2D eigenvalue weighted by Gasteiger charge is -2.08. The van der Waals surface area contributed by atoms with Crippen molar-refractivity contribution >= 4 is 11.6 Å². The summed E-state index contributed by atoms with van der Waals surface area (Å²) in [6.45, 7) is 10.4. The highest BCUT2D eigenvalue weighted by atomic mass is 16.1. The van der Waals surface area contributed by atoms with Gasteiger partial charge in [-0.1, -0.05) is 17.7 Å². The second-order valence-electron chi connectivity index (χ2n) is 7.62. The first-order valence-electron chi connectivity index (χ1n) is 10.1. The zero-order valence-corrected chi connectivity index (χ0v) is 18.3. The first-order chi connectivity index (χ1) is 14.3. The molecule has 0 radical (unpaired) electrons. The Labute approximate surface area is 177 Å². The highest BCUT2D eigenvalue weighted by Gasteiger charge is 2.17. The number of benzene rings is 1. The van der Waals surface area contributed by atoms with Gasteiger partial charge < -0.3 is 5.32 Å². The van der Waals surface area contributed by atoms with Gasteiger partial charge in [-0.05, 0) is 58.7 Å². The highest BCUT2D eigenvalue weighted by Crippen LogP contribution is 2.24. The molecule has 0 bridgehead atoms. The number of carbonyl (C=O) groups excluding carboxylic acids is 1. The molecule has 0 saturated heterocycles. The van der Waals surface area contributed by atoms with Crippen molar-refractivity contribution in [1.29, 1.82) is 5.26 Å². The summed E-state index contributed by atoms with van der Waals surface area (Å²) in [4.78, 5) is 12.7. The van der Waals surface area contributed by atoms with E-state index in [4.69, 9.17) is 5.26 Å². The van der Waals surface area contributed by atoms with E-state index in [1.165, 1.54) is 5.56 Å². The third kappa shape index (κ3) is 4.43. The second kappa shape index (κ2) is 8.95. The Bertz CT molecular complexity index is 1100. The molecular weight excluding hydrogens is 376 g/mol. The van der Waals surface area contributed by atoms with Crippen LogP contribution in [0.1, 0.15) is 46.7 Å². The maximum absolute atomic E-state index is 12.7. The van der Waals surface area contributed by atoms with Crippen LogP contribution in [0.4, 0.5) is 5.69 Å². The molecule has 3 rings (SSSR count). The predicted octanol–water partition coefficient (Wildman–Crippen LogP) is 4.10. The first kappa shape index (κ1) is 21.3. The number of anilines is 1. The minimum absolute atomic E-state index is 0.0479. The van der Waals surface area contributed by atoms with Crippen LogP contribution in [0.5, 0.6) is 0 Å². The number of hydrogen-bond acceptors (Lipinski definition) is 4. The van der Waals surface area contributed by atoms with Crippen molar-refractivity contribution in [3.63, 3.8) is 0 Å². The topological polar surface area (TPSA) is 88.5 Å². The van der Waals surface area contributed by atoms with E-state index in [1.54, 1.807) is 0 Å². The molecule has 7 heteroatoms.